The predicted molar refractivity (Wildman–Crippen MR) is 148 cm³/mol. The number of Topliss-reactive ketones (excluding diaryl/α,β-unsaturated/α-hetero) is 1. The lowest BCUT2D eigenvalue weighted by atomic mass is 9.75. The maximum absolute atomic E-state index is 14.8. The van der Waals surface area contributed by atoms with Crippen LogP contribution in [0.1, 0.15) is 30.7 Å². The van der Waals surface area contributed by atoms with Crippen LogP contribution in [0.25, 0.3) is 0 Å². The largest absolute Gasteiger partial charge is 0.384 e. The van der Waals surface area contributed by atoms with Crippen molar-refractivity contribution in [1.29, 1.82) is 5.26 Å². The number of carbonyl (C=O) groups excluding carboxylic acids is 2. The quantitative estimate of drug-likeness (QED) is 0.352. The van der Waals surface area contributed by atoms with E-state index in [1.807, 2.05) is 12.1 Å². The number of aromatic nitrogens is 2. The fraction of sp³-hybridized carbons (Fsp3) is 0.192. The highest BCUT2D eigenvalue weighted by Gasteiger charge is 2.42. The molecular weight excluding hydrogens is 591 g/mol. The molecule has 2 heterocycles. The molecule has 2 aromatic carbocycles. The summed E-state index contributed by atoms with van der Waals surface area (Å²) in [5.41, 5.74) is 8.47. The Bertz CT molecular complexity index is 1530. The SMILES string of the molecule is N#CC1=C(N)N(c2nnc(SCC(=O)Nc3ccc(Br)cc3)s2)C2=C(C(=O)CCC2)C1c1ccccc1F. The van der Waals surface area contributed by atoms with Gasteiger partial charge in [-0.25, -0.2) is 4.39 Å². The summed E-state index contributed by atoms with van der Waals surface area (Å²) in [6.45, 7) is 0. The number of amides is 1. The minimum Gasteiger partial charge on any atom is -0.384 e. The van der Waals surface area contributed by atoms with E-state index in [0.717, 1.165) is 4.47 Å². The van der Waals surface area contributed by atoms with Gasteiger partial charge in [-0.15, -0.1) is 10.2 Å². The van der Waals surface area contributed by atoms with Crippen LogP contribution in [0.2, 0.25) is 0 Å². The number of carbonyl (C=O) groups is 2. The van der Waals surface area contributed by atoms with E-state index in [9.17, 15) is 19.2 Å². The van der Waals surface area contributed by atoms with E-state index in [-0.39, 0.29) is 34.4 Å². The highest BCUT2D eigenvalue weighted by molar-refractivity contribution is 9.10. The molecule has 3 aromatic rings. The summed E-state index contributed by atoms with van der Waals surface area (Å²) in [6.07, 6.45) is 1.42. The van der Waals surface area contributed by atoms with Crippen LogP contribution in [0.5, 0.6) is 0 Å². The van der Waals surface area contributed by atoms with Crippen LogP contribution in [0, 0.1) is 17.1 Å². The van der Waals surface area contributed by atoms with E-state index in [1.54, 1.807) is 35.2 Å². The van der Waals surface area contributed by atoms with Crippen LogP contribution in [0.3, 0.4) is 0 Å². The molecule has 1 atom stereocenters. The molecule has 5 rings (SSSR count). The van der Waals surface area contributed by atoms with Gasteiger partial charge in [-0.1, -0.05) is 57.2 Å². The third kappa shape index (κ3) is 5.09. The van der Waals surface area contributed by atoms with Gasteiger partial charge in [0.1, 0.15) is 11.6 Å². The molecule has 3 N–H and O–H groups in total. The Morgan fingerprint density at radius 1 is 1.24 bits per heavy atom. The summed E-state index contributed by atoms with van der Waals surface area (Å²) >= 11 is 5.78. The molecule has 1 aliphatic heterocycles. The molecule has 0 radical (unpaired) electrons. The number of rotatable bonds is 6. The molecule has 1 amide bonds. The van der Waals surface area contributed by atoms with Crippen LogP contribution >= 0.6 is 39.0 Å². The standard InChI is InChI=1S/C26H20BrFN6O2S2/c27-14-8-10-15(11-9-14)31-21(36)13-37-26-33-32-25(38-26)34-19-6-3-7-20(35)23(19)22(17(12-29)24(34)30)16-4-1-2-5-18(16)28/h1-2,4-5,8-11,22H,3,6-7,13,30H2,(H,31,36). The number of nitrogens with one attached hydrogen (secondary N) is 1. The first-order chi connectivity index (χ1) is 18.4. The molecule has 12 heteroatoms. The van der Waals surface area contributed by atoms with E-state index in [0.29, 0.717) is 45.7 Å². The van der Waals surface area contributed by atoms with Gasteiger partial charge in [-0.3, -0.25) is 14.5 Å². The number of anilines is 2. The highest BCUT2D eigenvalue weighted by Crippen LogP contribution is 2.47. The Labute approximate surface area is 234 Å². The second-order valence-corrected chi connectivity index (χ2v) is 11.6. The number of halogens is 2. The first-order valence-electron chi connectivity index (χ1n) is 11.6. The van der Waals surface area contributed by atoms with Gasteiger partial charge < -0.3 is 11.1 Å². The number of thioether (sulfide) groups is 1. The van der Waals surface area contributed by atoms with Crippen molar-refractivity contribution in [2.24, 2.45) is 5.73 Å². The van der Waals surface area contributed by atoms with E-state index in [2.05, 4.69) is 37.5 Å². The maximum atomic E-state index is 14.8. The smallest absolute Gasteiger partial charge is 0.234 e. The van der Waals surface area contributed by atoms with E-state index >= 15 is 0 Å². The van der Waals surface area contributed by atoms with Crippen molar-refractivity contribution in [2.75, 3.05) is 16.0 Å². The third-order valence-electron chi connectivity index (χ3n) is 6.17. The molecule has 0 saturated carbocycles. The third-order valence-corrected chi connectivity index (χ3v) is 8.74. The van der Waals surface area contributed by atoms with Crippen molar-refractivity contribution >= 4 is 61.5 Å². The van der Waals surface area contributed by atoms with Crippen LogP contribution in [0.4, 0.5) is 15.2 Å². The predicted octanol–water partition coefficient (Wildman–Crippen LogP) is 5.48. The summed E-state index contributed by atoms with van der Waals surface area (Å²) in [4.78, 5) is 27.1. The van der Waals surface area contributed by atoms with Gasteiger partial charge in [0.05, 0.1) is 23.3 Å². The summed E-state index contributed by atoms with van der Waals surface area (Å²) in [5, 5.41) is 21.7. The molecule has 192 valence electrons. The second-order valence-electron chi connectivity index (χ2n) is 8.53. The summed E-state index contributed by atoms with van der Waals surface area (Å²) in [5.74, 6) is -1.53. The van der Waals surface area contributed by atoms with Crippen molar-refractivity contribution in [3.63, 3.8) is 0 Å². The first kappa shape index (κ1) is 26.1. The zero-order valence-electron chi connectivity index (χ0n) is 19.8. The van der Waals surface area contributed by atoms with Gasteiger partial charge in [0.15, 0.2) is 10.1 Å². The van der Waals surface area contributed by atoms with Gasteiger partial charge in [0, 0.05) is 33.4 Å². The number of nitrogens with zero attached hydrogens (tertiary/aromatic N) is 4. The zero-order valence-corrected chi connectivity index (χ0v) is 23.0. The van der Waals surface area contributed by atoms with E-state index in [4.69, 9.17) is 5.73 Å². The van der Waals surface area contributed by atoms with Gasteiger partial charge >= 0.3 is 0 Å². The van der Waals surface area contributed by atoms with Crippen molar-refractivity contribution in [2.45, 2.75) is 29.5 Å². The zero-order chi connectivity index (χ0) is 26.8. The highest BCUT2D eigenvalue weighted by atomic mass is 79.9. The number of allylic oxidation sites excluding steroid dienone is 3. The molecule has 0 spiro atoms. The molecule has 1 aliphatic carbocycles. The average Bonchev–Trinajstić information content (AvgIpc) is 3.37. The summed E-state index contributed by atoms with van der Waals surface area (Å²) in [7, 11) is 0. The molecule has 1 unspecified atom stereocenters. The van der Waals surface area contributed by atoms with Crippen molar-refractivity contribution in [3.05, 3.63) is 87.0 Å². The molecule has 0 saturated heterocycles. The van der Waals surface area contributed by atoms with E-state index in [1.165, 1.54) is 29.2 Å². The van der Waals surface area contributed by atoms with Crippen LogP contribution in [-0.2, 0) is 9.59 Å². The molecule has 2 aliphatic rings. The van der Waals surface area contributed by atoms with Gasteiger partial charge in [0.25, 0.3) is 0 Å². The normalized spacial score (nSPS) is 17.3. The van der Waals surface area contributed by atoms with Gasteiger partial charge in [0.2, 0.25) is 11.0 Å². The van der Waals surface area contributed by atoms with Crippen molar-refractivity contribution in [3.8, 4) is 6.07 Å². The number of hydrogen-bond donors (Lipinski definition) is 2. The molecule has 8 nitrogen and oxygen atoms in total. The molecule has 38 heavy (non-hydrogen) atoms. The second kappa shape index (κ2) is 11.1. The number of ketones is 1. The Morgan fingerprint density at radius 3 is 2.74 bits per heavy atom. The monoisotopic (exact) mass is 610 g/mol. The number of nitrogens with two attached hydrogens (primary N) is 1. The summed E-state index contributed by atoms with van der Waals surface area (Å²) < 4.78 is 16.3. The van der Waals surface area contributed by atoms with Crippen molar-refractivity contribution < 1.29 is 14.0 Å². The fourth-order valence-corrected chi connectivity index (χ4v) is 6.48. The Hall–Kier alpha value is -3.53. The fourth-order valence-electron chi connectivity index (χ4n) is 4.53. The van der Waals surface area contributed by atoms with Gasteiger partial charge in [-0.2, -0.15) is 5.26 Å². The Kier molecular flexibility index (Phi) is 7.60. The Balaban J connectivity index is 1.42. The minimum atomic E-state index is -0.885. The number of benzene rings is 2. The maximum Gasteiger partial charge on any atom is 0.234 e. The lowest BCUT2D eigenvalue weighted by Crippen LogP contribution is -2.38. The number of nitriles is 1. The average molecular weight is 612 g/mol. The van der Waals surface area contributed by atoms with Crippen LogP contribution in [0.15, 0.2) is 80.0 Å². The minimum absolute atomic E-state index is 0.0855. The Morgan fingerprint density at radius 2 is 2.00 bits per heavy atom. The first-order valence-corrected chi connectivity index (χ1v) is 14.2. The van der Waals surface area contributed by atoms with Crippen LogP contribution < -0.4 is 16.0 Å². The topological polar surface area (TPSA) is 125 Å². The molecule has 0 bridgehead atoms. The van der Waals surface area contributed by atoms with Gasteiger partial charge in [-0.05, 0) is 43.2 Å². The van der Waals surface area contributed by atoms with E-state index < -0.39 is 11.7 Å². The lowest BCUT2D eigenvalue weighted by Gasteiger charge is -2.38. The van der Waals surface area contributed by atoms with Crippen LogP contribution in [-0.4, -0.2) is 27.6 Å². The molecular formula is C26H20BrFN6O2S2. The van der Waals surface area contributed by atoms with Crippen molar-refractivity contribution in [1.82, 2.24) is 10.2 Å². The molecule has 0 fully saturated rings. The molecule has 1 aromatic heterocycles. The summed E-state index contributed by atoms with van der Waals surface area (Å²) in [6, 6.07) is 15.5. The lowest BCUT2D eigenvalue weighted by molar-refractivity contribution is -0.116. The number of hydrogen-bond acceptors (Lipinski definition) is 9.